The lowest BCUT2D eigenvalue weighted by Crippen LogP contribution is -2.30. The van der Waals surface area contributed by atoms with Crippen molar-refractivity contribution in [2.45, 2.75) is 13.3 Å². The largest absolute Gasteiger partial charge is 0.384 e. The van der Waals surface area contributed by atoms with E-state index in [9.17, 15) is 4.79 Å². The molecule has 0 aromatic heterocycles. The zero-order valence-corrected chi connectivity index (χ0v) is 11.6. The van der Waals surface area contributed by atoms with Crippen LogP contribution in [0.4, 0.5) is 0 Å². The van der Waals surface area contributed by atoms with E-state index in [1.807, 2.05) is 19.1 Å². The zero-order valence-electron chi connectivity index (χ0n) is 11.6. The second-order valence-corrected chi connectivity index (χ2v) is 4.93. The molecule has 1 heterocycles. The summed E-state index contributed by atoms with van der Waals surface area (Å²) in [7, 11) is 0. The number of hydrogen-bond acceptors (Lipinski definition) is 3. The number of aryl methyl sites for hydroxylation is 1. The first-order chi connectivity index (χ1) is 9.70. The van der Waals surface area contributed by atoms with E-state index in [0.717, 1.165) is 30.8 Å². The third-order valence-electron chi connectivity index (χ3n) is 3.37. The Balaban J connectivity index is 2.03. The van der Waals surface area contributed by atoms with E-state index in [0.29, 0.717) is 18.0 Å². The van der Waals surface area contributed by atoms with E-state index in [4.69, 9.17) is 9.84 Å². The van der Waals surface area contributed by atoms with Gasteiger partial charge in [-0.3, -0.25) is 4.79 Å². The van der Waals surface area contributed by atoms with Gasteiger partial charge >= 0.3 is 0 Å². The van der Waals surface area contributed by atoms with Crippen molar-refractivity contribution in [3.05, 3.63) is 34.9 Å². The molecular formula is C16H19NO3. The molecule has 1 aromatic carbocycles. The second kappa shape index (κ2) is 7.09. The molecule has 0 spiro atoms. The Hall–Kier alpha value is -1.83. The van der Waals surface area contributed by atoms with Crippen molar-refractivity contribution < 1.29 is 14.6 Å². The lowest BCUT2D eigenvalue weighted by atomic mass is 10.0. The Labute approximate surface area is 119 Å². The summed E-state index contributed by atoms with van der Waals surface area (Å²) in [5.41, 5.74) is 2.28. The molecule has 0 radical (unpaired) electrons. The van der Waals surface area contributed by atoms with Crippen LogP contribution in [0.15, 0.2) is 18.2 Å². The summed E-state index contributed by atoms with van der Waals surface area (Å²) in [6, 6.07) is 5.48. The van der Waals surface area contributed by atoms with Crippen LogP contribution in [0.25, 0.3) is 0 Å². The molecule has 1 saturated heterocycles. The molecule has 1 amide bonds. The highest BCUT2D eigenvalue weighted by molar-refractivity contribution is 5.96. The van der Waals surface area contributed by atoms with Crippen LogP contribution < -0.4 is 5.32 Å². The third-order valence-corrected chi connectivity index (χ3v) is 3.37. The molecule has 1 aliphatic heterocycles. The maximum Gasteiger partial charge on any atom is 0.251 e. The average molecular weight is 273 g/mol. The highest BCUT2D eigenvalue weighted by atomic mass is 16.5. The van der Waals surface area contributed by atoms with Crippen LogP contribution in [0.1, 0.15) is 27.9 Å². The van der Waals surface area contributed by atoms with Gasteiger partial charge in [-0.15, -0.1) is 0 Å². The molecular weight excluding hydrogens is 254 g/mol. The van der Waals surface area contributed by atoms with Crippen molar-refractivity contribution >= 4 is 5.91 Å². The Morgan fingerprint density at radius 1 is 1.55 bits per heavy atom. The van der Waals surface area contributed by atoms with Gasteiger partial charge < -0.3 is 15.2 Å². The van der Waals surface area contributed by atoms with E-state index in [1.54, 1.807) is 6.07 Å². The summed E-state index contributed by atoms with van der Waals surface area (Å²) in [6.07, 6.45) is 1.00. The number of rotatable bonds is 3. The topological polar surface area (TPSA) is 58.6 Å². The van der Waals surface area contributed by atoms with E-state index < -0.39 is 0 Å². The van der Waals surface area contributed by atoms with Gasteiger partial charge in [-0.05, 0) is 31.0 Å². The molecule has 1 aliphatic rings. The number of carbonyl (C=O) groups excluding carboxylic acids is 1. The maximum absolute atomic E-state index is 12.2. The fraction of sp³-hybridized carbons (Fsp3) is 0.438. The molecule has 0 bridgehead atoms. The molecule has 0 saturated carbocycles. The molecule has 106 valence electrons. The number of nitrogens with one attached hydrogen (secondary N) is 1. The van der Waals surface area contributed by atoms with Gasteiger partial charge in [0.05, 0.1) is 6.61 Å². The van der Waals surface area contributed by atoms with Crippen LogP contribution in [0, 0.1) is 24.7 Å². The fourth-order valence-electron chi connectivity index (χ4n) is 2.16. The summed E-state index contributed by atoms with van der Waals surface area (Å²) in [6.45, 7) is 3.87. The van der Waals surface area contributed by atoms with Gasteiger partial charge in [0, 0.05) is 30.2 Å². The number of hydrogen-bond donors (Lipinski definition) is 2. The molecule has 0 aliphatic carbocycles. The minimum atomic E-state index is -0.183. The first-order valence-corrected chi connectivity index (χ1v) is 6.77. The summed E-state index contributed by atoms with van der Waals surface area (Å²) >= 11 is 0. The highest BCUT2D eigenvalue weighted by Gasteiger charge is 2.17. The van der Waals surface area contributed by atoms with Gasteiger partial charge in [-0.25, -0.2) is 0 Å². The molecule has 1 unspecified atom stereocenters. The monoisotopic (exact) mass is 273 g/mol. The summed E-state index contributed by atoms with van der Waals surface area (Å²) in [5, 5.41) is 11.6. The van der Waals surface area contributed by atoms with Gasteiger partial charge in [0.15, 0.2) is 0 Å². The van der Waals surface area contributed by atoms with E-state index in [-0.39, 0.29) is 12.5 Å². The zero-order chi connectivity index (χ0) is 14.4. The van der Waals surface area contributed by atoms with Crippen LogP contribution in [0.5, 0.6) is 0 Å². The minimum absolute atomic E-state index is 0.0814. The second-order valence-electron chi connectivity index (χ2n) is 4.93. The lowest BCUT2D eigenvalue weighted by Gasteiger charge is -2.11. The molecule has 1 aromatic rings. The van der Waals surface area contributed by atoms with Crippen molar-refractivity contribution in [2.75, 3.05) is 26.4 Å². The summed E-state index contributed by atoms with van der Waals surface area (Å²) < 4.78 is 5.29. The Bertz CT molecular complexity index is 536. The van der Waals surface area contributed by atoms with Crippen LogP contribution in [0.2, 0.25) is 0 Å². The standard InChI is InChI=1S/C16H19NO3/c1-12-4-5-13(3-2-7-18)9-15(12)16(19)17-10-14-6-8-20-11-14/h4-5,9,14,18H,6-8,10-11H2,1H3,(H,17,19). The average Bonchev–Trinajstić information content (AvgIpc) is 2.97. The van der Waals surface area contributed by atoms with Gasteiger partial charge in [0.1, 0.15) is 6.61 Å². The fourth-order valence-corrected chi connectivity index (χ4v) is 2.16. The summed E-state index contributed by atoms with van der Waals surface area (Å²) in [5.74, 6) is 5.73. The summed E-state index contributed by atoms with van der Waals surface area (Å²) in [4.78, 5) is 12.2. The predicted molar refractivity (Wildman–Crippen MR) is 76.4 cm³/mol. The normalized spacial score (nSPS) is 17.4. The Morgan fingerprint density at radius 3 is 3.10 bits per heavy atom. The maximum atomic E-state index is 12.2. The molecule has 1 atom stereocenters. The van der Waals surface area contributed by atoms with Crippen LogP contribution in [-0.4, -0.2) is 37.4 Å². The van der Waals surface area contributed by atoms with E-state index >= 15 is 0 Å². The molecule has 1 fully saturated rings. The Kier molecular flexibility index (Phi) is 5.16. The number of benzene rings is 1. The van der Waals surface area contributed by atoms with Crippen molar-refractivity contribution in [3.8, 4) is 11.8 Å². The Morgan fingerprint density at radius 2 is 2.40 bits per heavy atom. The van der Waals surface area contributed by atoms with Crippen molar-refractivity contribution in [1.29, 1.82) is 0 Å². The van der Waals surface area contributed by atoms with Crippen molar-refractivity contribution in [3.63, 3.8) is 0 Å². The smallest absolute Gasteiger partial charge is 0.251 e. The minimum Gasteiger partial charge on any atom is -0.384 e. The van der Waals surface area contributed by atoms with Crippen LogP contribution in [0.3, 0.4) is 0 Å². The van der Waals surface area contributed by atoms with Gasteiger partial charge in [0.25, 0.3) is 5.91 Å². The lowest BCUT2D eigenvalue weighted by molar-refractivity contribution is 0.0944. The number of aliphatic hydroxyl groups is 1. The quantitative estimate of drug-likeness (QED) is 0.811. The van der Waals surface area contributed by atoms with E-state index in [2.05, 4.69) is 17.2 Å². The van der Waals surface area contributed by atoms with Crippen molar-refractivity contribution in [2.24, 2.45) is 5.92 Å². The molecule has 2 N–H and O–H groups in total. The van der Waals surface area contributed by atoms with Gasteiger partial charge in [-0.1, -0.05) is 17.9 Å². The van der Waals surface area contributed by atoms with Crippen molar-refractivity contribution in [1.82, 2.24) is 5.32 Å². The molecule has 4 nitrogen and oxygen atoms in total. The molecule has 2 rings (SSSR count). The SMILES string of the molecule is Cc1ccc(C#CCO)cc1C(=O)NCC1CCOC1. The molecule has 20 heavy (non-hydrogen) atoms. The number of carbonyl (C=O) groups is 1. The van der Waals surface area contributed by atoms with Gasteiger partial charge in [-0.2, -0.15) is 0 Å². The van der Waals surface area contributed by atoms with Gasteiger partial charge in [0.2, 0.25) is 0 Å². The number of amides is 1. The molecule has 4 heteroatoms. The number of ether oxygens (including phenoxy) is 1. The van der Waals surface area contributed by atoms with Crippen LogP contribution >= 0.6 is 0 Å². The third kappa shape index (κ3) is 3.83. The first kappa shape index (κ1) is 14.6. The predicted octanol–water partition coefficient (Wildman–Crippen LogP) is 1.11. The highest BCUT2D eigenvalue weighted by Crippen LogP contribution is 2.13. The van der Waals surface area contributed by atoms with Crippen LogP contribution in [-0.2, 0) is 4.74 Å². The number of aliphatic hydroxyl groups excluding tert-OH is 1. The first-order valence-electron chi connectivity index (χ1n) is 6.77. The van der Waals surface area contributed by atoms with E-state index in [1.165, 1.54) is 0 Å².